The summed E-state index contributed by atoms with van der Waals surface area (Å²) >= 11 is 0. The van der Waals surface area contributed by atoms with Crippen LogP contribution >= 0.6 is 0 Å². The normalized spacial score (nSPS) is 39.8. The second-order valence-electron chi connectivity index (χ2n) is 20.1. The first-order chi connectivity index (χ1) is 23.0. The van der Waals surface area contributed by atoms with Crippen molar-refractivity contribution in [2.24, 2.45) is 62.6 Å². The Bertz CT molecular complexity index is 1280. The summed E-state index contributed by atoms with van der Waals surface area (Å²) in [5.41, 5.74) is 2.49. The summed E-state index contributed by atoms with van der Waals surface area (Å²) in [6, 6.07) is 0. The molecule has 0 aliphatic heterocycles. The number of hydrogen-bond acceptors (Lipinski definition) is 5. The number of carbonyl (C=O) groups excluding carboxylic acids is 1. The fourth-order valence-electron chi connectivity index (χ4n) is 13.5. The van der Waals surface area contributed by atoms with Crippen molar-refractivity contribution in [2.75, 3.05) is 13.1 Å². The lowest BCUT2D eigenvalue weighted by Gasteiger charge is -2.68. The predicted octanol–water partition coefficient (Wildman–Crippen LogP) is 9.34. The maximum Gasteiger partial charge on any atom is 0.309 e. The number of carboxylic acid groups (broad SMARTS) is 1. The number of esters is 1. The lowest BCUT2D eigenvalue weighted by Crippen LogP contribution is -2.62. The number of fused-ring (bicyclic) bond motifs is 7. The summed E-state index contributed by atoms with van der Waals surface area (Å²) in [5, 5.41) is 25.5. The molecule has 0 amide bonds. The Morgan fingerprint density at radius 3 is 2.22 bits per heavy atom. The van der Waals surface area contributed by atoms with Gasteiger partial charge >= 0.3 is 11.9 Å². The zero-order valence-electron chi connectivity index (χ0n) is 32.5. The number of hydrogen-bond donors (Lipinski definition) is 3. The van der Waals surface area contributed by atoms with Crippen LogP contribution in [0.25, 0.3) is 0 Å². The highest BCUT2D eigenvalue weighted by Crippen LogP contribution is 2.73. The van der Waals surface area contributed by atoms with E-state index in [0.717, 1.165) is 57.5 Å². The average molecular weight is 682 g/mol. The van der Waals surface area contributed by atoms with E-state index in [1.165, 1.54) is 57.8 Å². The molecule has 0 spiro atoms. The van der Waals surface area contributed by atoms with Crippen LogP contribution in [0.4, 0.5) is 0 Å². The molecule has 0 bridgehead atoms. The first kappa shape index (κ1) is 37.4. The SMILES string of the molecule is CC(C)C1=C2[C@H]3CC[C@H]4[C@@H](CC[C@H]5C(C)(C)[C@@H](OC(=O)CC(C)(C)C(=O)O)CC[C@]45C)[C@]3(C)CC[C@@]2([C@H](O)CNCC2CCCCC2)CC1. The monoisotopic (exact) mass is 682 g/mol. The lowest BCUT2D eigenvalue weighted by molar-refractivity contribution is -0.205. The summed E-state index contributed by atoms with van der Waals surface area (Å²) in [6.45, 7) is 19.7. The van der Waals surface area contributed by atoms with Crippen LogP contribution in [-0.4, -0.2) is 47.4 Å². The third-order valence-corrected chi connectivity index (χ3v) is 16.4. The molecule has 0 unspecified atom stereocenters. The minimum Gasteiger partial charge on any atom is -0.481 e. The average Bonchev–Trinajstić information content (AvgIpc) is 3.44. The fourth-order valence-corrected chi connectivity index (χ4v) is 13.5. The van der Waals surface area contributed by atoms with Gasteiger partial charge in [-0.05, 0) is 144 Å². The molecule has 278 valence electrons. The number of aliphatic hydroxyl groups excluding tert-OH is 1. The van der Waals surface area contributed by atoms with Gasteiger partial charge in [0.25, 0.3) is 0 Å². The van der Waals surface area contributed by atoms with Gasteiger partial charge in [0.05, 0.1) is 17.9 Å². The molecule has 3 N–H and O–H groups in total. The van der Waals surface area contributed by atoms with E-state index in [-0.39, 0.29) is 46.3 Å². The molecule has 6 aliphatic rings. The second kappa shape index (κ2) is 13.5. The Morgan fingerprint density at radius 2 is 1.55 bits per heavy atom. The van der Waals surface area contributed by atoms with E-state index < -0.39 is 11.4 Å². The molecule has 0 aromatic heterocycles. The van der Waals surface area contributed by atoms with Crippen molar-refractivity contribution in [3.8, 4) is 0 Å². The molecule has 0 heterocycles. The van der Waals surface area contributed by atoms with Gasteiger partial charge in [0, 0.05) is 17.4 Å². The van der Waals surface area contributed by atoms with E-state index in [1.807, 2.05) is 0 Å². The first-order valence-corrected chi connectivity index (χ1v) is 20.5. The highest BCUT2D eigenvalue weighted by atomic mass is 16.5. The molecule has 6 heteroatoms. The Balaban J connectivity index is 1.20. The first-order valence-electron chi connectivity index (χ1n) is 20.5. The number of carbonyl (C=O) groups is 2. The van der Waals surface area contributed by atoms with Crippen molar-refractivity contribution in [1.82, 2.24) is 5.32 Å². The second-order valence-corrected chi connectivity index (χ2v) is 20.1. The van der Waals surface area contributed by atoms with Crippen LogP contribution in [0, 0.1) is 62.6 Å². The molecular formula is C43H71NO5. The van der Waals surface area contributed by atoms with Crippen LogP contribution in [0.15, 0.2) is 11.1 Å². The number of aliphatic hydroxyl groups is 1. The highest BCUT2D eigenvalue weighted by molar-refractivity contribution is 5.81. The number of carboxylic acids is 1. The smallest absolute Gasteiger partial charge is 0.309 e. The van der Waals surface area contributed by atoms with Crippen molar-refractivity contribution in [3.05, 3.63) is 11.1 Å². The lowest BCUT2D eigenvalue weighted by atomic mass is 9.37. The van der Waals surface area contributed by atoms with Crippen molar-refractivity contribution >= 4 is 11.9 Å². The molecular weight excluding hydrogens is 610 g/mol. The van der Waals surface area contributed by atoms with Crippen molar-refractivity contribution in [3.63, 3.8) is 0 Å². The Hall–Kier alpha value is -1.40. The molecule has 0 aromatic carbocycles. The van der Waals surface area contributed by atoms with E-state index in [4.69, 9.17) is 4.74 Å². The topological polar surface area (TPSA) is 95.9 Å². The van der Waals surface area contributed by atoms with Crippen LogP contribution in [0.2, 0.25) is 0 Å². The van der Waals surface area contributed by atoms with E-state index >= 15 is 0 Å². The summed E-state index contributed by atoms with van der Waals surface area (Å²) in [6.07, 6.45) is 17.7. The third-order valence-electron chi connectivity index (χ3n) is 16.4. The number of rotatable bonds is 10. The van der Waals surface area contributed by atoms with E-state index in [1.54, 1.807) is 25.0 Å². The van der Waals surface area contributed by atoms with Gasteiger partial charge in [-0.3, -0.25) is 9.59 Å². The van der Waals surface area contributed by atoms with Crippen LogP contribution in [0.1, 0.15) is 158 Å². The van der Waals surface area contributed by atoms with Gasteiger partial charge < -0.3 is 20.3 Å². The molecule has 0 saturated heterocycles. The van der Waals surface area contributed by atoms with Crippen LogP contribution in [0.3, 0.4) is 0 Å². The third kappa shape index (κ3) is 6.37. The minimum absolute atomic E-state index is 0.0591. The van der Waals surface area contributed by atoms with Gasteiger partial charge in [0.2, 0.25) is 0 Å². The Kier molecular flexibility index (Phi) is 10.3. The van der Waals surface area contributed by atoms with Gasteiger partial charge in [-0.25, -0.2) is 0 Å². The van der Waals surface area contributed by atoms with Gasteiger partial charge in [-0.1, -0.05) is 72.0 Å². The molecule has 6 aliphatic carbocycles. The van der Waals surface area contributed by atoms with E-state index in [2.05, 4.69) is 46.9 Å². The molecule has 5 saturated carbocycles. The summed E-state index contributed by atoms with van der Waals surface area (Å²) in [5.74, 6) is 2.35. The number of aliphatic carboxylic acids is 1. The molecule has 5 fully saturated rings. The minimum atomic E-state index is -1.13. The quantitative estimate of drug-likeness (QED) is 0.157. The maximum absolute atomic E-state index is 13.0. The molecule has 6 nitrogen and oxygen atoms in total. The van der Waals surface area contributed by atoms with Crippen LogP contribution in [0.5, 0.6) is 0 Å². The maximum atomic E-state index is 13.0. The zero-order valence-corrected chi connectivity index (χ0v) is 32.5. The van der Waals surface area contributed by atoms with Crippen molar-refractivity contribution in [2.45, 2.75) is 170 Å². The van der Waals surface area contributed by atoms with E-state index in [9.17, 15) is 19.8 Å². The molecule has 6 rings (SSSR count). The Labute approximate surface area is 298 Å². The van der Waals surface area contributed by atoms with Crippen LogP contribution < -0.4 is 5.32 Å². The van der Waals surface area contributed by atoms with Gasteiger partial charge in [-0.2, -0.15) is 0 Å². The summed E-state index contributed by atoms with van der Waals surface area (Å²) in [7, 11) is 0. The van der Waals surface area contributed by atoms with Crippen molar-refractivity contribution < 1.29 is 24.5 Å². The number of allylic oxidation sites excluding steroid dienone is 1. The molecule has 9 atom stereocenters. The molecule has 0 radical (unpaired) electrons. The van der Waals surface area contributed by atoms with Gasteiger partial charge in [-0.15, -0.1) is 0 Å². The predicted molar refractivity (Wildman–Crippen MR) is 196 cm³/mol. The number of nitrogens with one attached hydrogen (secondary N) is 1. The standard InChI is InChI=1S/C43H71NO5/c1-27(2)29-18-21-43(34(45)26-44-25-28-12-10-9-11-13-28)23-22-41(7)30-16-17-33-40(5,6)35(49-36(46)24-39(3,4)38(47)48)19-20-42(33,8)31(30)14-15-32(41)37(29)43/h27-28,30-35,44-45H,9-26H2,1-8H3,(H,47,48)/t30-,31+,32-,33+,34-,35+,41+,42-,43-/m1/s1. The van der Waals surface area contributed by atoms with E-state index in [0.29, 0.717) is 29.6 Å². The highest BCUT2D eigenvalue weighted by Gasteiger charge is 2.66. The fraction of sp³-hybridized carbons (Fsp3) is 0.907. The van der Waals surface area contributed by atoms with Crippen molar-refractivity contribution in [1.29, 1.82) is 0 Å². The zero-order chi connectivity index (χ0) is 35.6. The Morgan fingerprint density at radius 1 is 0.878 bits per heavy atom. The van der Waals surface area contributed by atoms with Crippen LogP contribution in [-0.2, 0) is 14.3 Å². The largest absolute Gasteiger partial charge is 0.481 e. The molecule has 0 aromatic rings. The number of ether oxygens (including phenoxy) is 1. The van der Waals surface area contributed by atoms with Gasteiger partial charge in [0.1, 0.15) is 6.10 Å². The summed E-state index contributed by atoms with van der Waals surface area (Å²) in [4.78, 5) is 24.7. The van der Waals surface area contributed by atoms with Gasteiger partial charge in [0.15, 0.2) is 0 Å². The molecule has 49 heavy (non-hydrogen) atoms. The summed E-state index contributed by atoms with van der Waals surface area (Å²) < 4.78 is 6.17.